The number of nitrogens with zero attached hydrogens (tertiary/aromatic N) is 4. The molecule has 23 heavy (non-hydrogen) atoms. The van der Waals surface area contributed by atoms with Crippen molar-refractivity contribution in [3.63, 3.8) is 0 Å². The zero-order chi connectivity index (χ0) is 15.8. The summed E-state index contributed by atoms with van der Waals surface area (Å²) in [4.78, 5) is 23.7. The van der Waals surface area contributed by atoms with Crippen LogP contribution in [0.3, 0.4) is 0 Å². The largest absolute Gasteiger partial charge is 0.327 e. The van der Waals surface area contributed by atoms with Crippen LogP contribution in [0.5, 0.6) is 0 Å². The van der Waals surface area contributed by atoms with Gasteiger partial charge in [0.25, 0.3) is 5.91 Å². The molecular formula is C17H18N4OS. The van der Waals surface area contributed by atoms with Gasteiger partial charge in [0, 0.05) is 18.5 Å². The second-order valence-electron chi connectivity index (χ2n) is 5.73. The van der Waals surface area contributed by atoms with Crippen LogP contribution < -0.4 is 0 Å². The molecule has 2 aromatic heterocycles. The highest BCUT2D eigenvalue weighted by molar-refractivity contribution is 7.07. The minimum absolute atomic E-state index is 0.0171. The minimum atomic E-state index is 0.0171. The second kappa shape index (κ2) is 5.77. The molecule has 1 atom stereocenters. The average molecular weight is 326 g/mol. The average Bonchev–Trinajstić information content (AvgIpc) is 3.31. The lowest BCUT2D eigenvalue weighted by atomic mass is 10.2. The molecule has 4 rings (SSSR count). The molecule has 0 spiro atoms. The van der Waals surface area contributed by atoms with Gasteiger partial charge in [-0.05, 0) is 31.9 Å². The number of fused-ring (bicyclic) bond motifs is 1. The van der Waals surface area contributed by atoms with Gasteiger partial charge in [0.2, 0.25) is 0 Å². The van der Waals surface area contributed by atoms with E-state index in [0.29, 0.717) is 5.69 Å². The first-order chi connectivity index (χ1) is 11.3. The van der Waals surface area contributed by atoms with Crippen LogP contribution in [0.1, 0.15) is 42.1 Å². The zero-order valence-electron chi connectivity index (χ0n) is 13.0. The highest BCUT2D eigenvalue weighted by Crippen LogP contribution is 2.34. The van der Waals surface area contributed by atoms with Gasteiger partial charge in [0.1, 0.15) is 11.5 Å². The fourth-order valence-electron chi connectivity index (χ4n) is 3.42. The number of benzene rings is 1. The van der Waals surface area contributed by atoms with Crippen LogP contribution in [0.25, 0.3) is 11.0 Å². The maximum Gasteiger partial charge on any atom is 0.273 e. The van der Waals surface area contributed by atoms with E-state index in [1.165, 1.54) is 11.3 Å². The number of likely N-dealkylation sites (tertiary alicyclic amines) is 1. The van der Waals surface area contributed by atoms with Crippen LogP contribution in [0, 0.1) is 0 Å². The third-order valence-electron chi connectivity index (χ3n) is 4.46. The van der Waals surface area contributed by atoms with Gasteiger partial charge >= 0.3 is 0 Å². The SMILES string of the molecule is CCn1c([C@@H]2CCCN2C(=O)c2cscn2)nc2ccccc21. The molecule has 5 nitrogen and oxygen atoms in total. The number of carbonyl (C=O) groups excluding carboxylic acids is 1. The van der Waals surface area contributed by atoms with Crippen LogP contribution in [0.15, 0.2) is 35.2 Å². The maximum absolute atomic E-state index is 12.7. The normalized spacial score (nSPS) is 18.0. The molecule has 1 aliphatic rings. The van der Waals surface area contributed by atoms with Crippen LogP contribution >= 0.6 is 11.3 Å². The molecule has 0 unspecified atom stereocenters. The quantitative estimate of drug-likeness (QED) is 0.740. The van der Waals surface area contributed by atoms with Crippen molar-refractivity contribution in [2.24, 2.45) is 0 Å². The van der Waals surface area contributed by atoms with Crippen molar-refractivity contribution in [1.29, 1.82) is 0 Å². The van der Waals surface area contributed by atoms with Crippen molar-refractivity contribution in [2.45, 2.75) is 32.4 Å². The molecule has 0 bridgehead atoms. The maximum atomic E-state index is 12.7. The lowest BCUT2D eigenvalue weighted by Gasteiger charge is -2.24. The van der Waals surface area contributed by atoms with Gasteiger partial charge < -0.3 is 9.47 Å². The van der Waals surface area contributed by atoms with E-state index < -0.39 is 0 Å². The molecule has 1 aliphatic heterocycles. The molecule has 1 saturated heterocycles. The molecule has 6 heteroatoms. The van der Waals surface area contributed by atoms with Gasteiger partial charge in [-0.15, -0.1) is 11.3 Å². The minimum Gasteiger partial charge on any atom is -0.327 e. The Bertz CT molecular complexity index is 840. The van der Waals surface area contributed by atoms with Gasteiger partial charge in [-0.2, -0.15) is 0 Å². The first-order valence-corrected chi connectivity index (χ1v) is 8.88. The molecule has 1 amide bonds. The number of para-hydroxylation sites is 2. The molecule has 1 fully saturated rings. The number of aryl methyl sites for hydroxylation is 1. The van der Waals surface area contributed by atoms with E-state index in [4.69, 9.17) is 4.98 Å². The molecular weight excluding hydrogens is 308 g/mol. The number of hydrogen-bond donors (Lipinski definition) is 0. The summed E-state index contributed by atoms with van der Waals surface area (Å²) in [5, 5.41) is 1.82. The van der Waals surface area contributed by atoms with Gasteiger partial charge in [-0.3, -0.25) is 4.79 Å². The molecule has 0 aliphatic carbocycles. The predicted molar refractivity (Wildman–Crippen MR) is 90.5 cm³/mol. The summed E-state index contributed by atoms with van der Waals surface area (Å²) in [6.45, 7) is 3.75. The number of amides is 1. The topological polar surface area (TPSA) is 51.0 Å². The Kier molecular flexibility index (Phi) is 3.61. The lowest BCUT2D eigenvalue weighted by molar-refractivity contribution is 0.0722. The van der Waals surface area contributed by atoms with Crippen molar-refractivity contribution >= 4 is 28.3 Å². The summed E-state index contributed by atoms with van der Waals surface area (Å²) in [7, 11) is 0. The van der Waals surface area contributed by atoms with Crippen LogP contribution in [0.4, 0.5) is 0 Å². The van der Waals surface area contributed by atoms with Gasteiger partial charge in [0.05, 0.1) is 22.6 Å². The predicted octanol–water partition coefficient (Wildman–Crippen LogP) is 3.49. The second-order valence-corrected chi connectivity index (χ2v) is 6.45. The van der Waals surface area contributed by atoms with Crippen LogP contribution in [-0.4, -0.2) is 31.9 Å². The Morgan fingerprint density at radius 1 is 1.39 bits per heavy atom. The number of thiazole rings is 1. The highest BCUT2D eigenvalue weighted by atomic mass is 32.1. The van der Waals surface area contributed by atoms with E-state index in [-0.39, 0.29) is 11.9 Å². The summed E-state index contributed by atoms with van der Waals surface area (Å²) in [5.74, 6) is 1.01. The van der Waals surface area contributed by atoms with Crippen molar-refractivity contribution in [2.75, 3.05) is 6.54 Å². The summed E-state index contributed by atoms with van der Waals surface area (Å²) in [5.41, 5.74) is 4.39. The van der Waals surface area contributed by atoms with Crippen molar-refractivity contribution < 1.29 is 4.79 Å². The van der Waals surface area contributed by atoms with E-state index in [1.807, 2.05) is 28.5 Å². The van der Waals surface area contributed by atoms with Crippen molar-refractivity contribution in [3.05, 3.63) is 46.7 Å². The summed E-state index contributed by atoms with van der Waals surface area (Å²) < 4.78 is 2.23. The summed E-state index contributed by atoms with van der Waals surface area (Å²) in [6.07, 6.45) is 1.96. The fraction of sp³-hybridized carbons (Fsp3) is 0.353. The Balaban J connectivity index is 1.76. The summed E-state index contributed by atoms with van der Waals surface area (Å²) >= 11 is 1.46. The van der Waals surface area contributed by atoms with E-state index in [1.54, 1.807) is 5.51 Å². The van der Waals surface area contributed by atoms with Crippen molar-refractivity contribution in [3.8, 4) is 0 Å². The van der Waals surface area contributed by atoms with Gasteiger partial charge in [-0.1, -0.05) is 12.1 Å². The number of imidazole rings is 1. The first kappa shape index (κ1) is 14.4. The third-order valence-corrected chi connectivity index (χ3v) is 5.05. The van der Waals surface area contributed by atoms with Gasteiger partial charge in [0.15, 0.2) is 0 Å². The monoisotopic (exact) mass is 326 g/mol. The van der Waals surface area contributed by atoms with E-state index in [0.717, 1.165) is 42.8 Å². The van der Waals surface area contributed by atoms with Crippen molar-refractivity contribution in [1.82, 2.24) is 19.4 Å². The fourth-order valence-corrected chi connectivity index (χ4v) is 3.95. The standard InChI is InChI=1S/C17H18N4OS/c1-2-20-14-7-4-3-6-12(14)19-16(20)15-8-5-9-21(15)17(22)13-10-23-11-18-13/h3-4,6-7,10-11,15H,2,5,8-9H2,1H3/t15-/m0/s1. The van der Waals surface area contributed by atoms with Gasteiger partial charge in [-0.25, -0.2) is 9.97 Å². The number of carbonyl (C=O) groups is 1. The smallest absolute Gasteiger partial charge is 0.273 e. The number of rotatable bonds is 3. The molecule has 118 valence electrons. The molecule has 3 aromatic rings. The van der Waals surface area contributed by atoms with E-state index >= 15 is 0 Å². The molecule has 0 N–H and O–H groups in total. The number of aromatic nitrogens is 3. The molecule has 3 heterocycles. The van der Waals surface area contributed by atoms with Crippen LogP contribution in [0.2, 0.25) is 0 Å². The third kappa shape index (κ3) is 2.34. The van der Waals surface area contributed by atoms with E-state index in [2.05, 4.69) is 22.5 Å². The molecule has 0 saturated carbocycles. The molecule has 0 radical (unpaired) electrons. The highest BCUT2D eigenvalue weighted by Gasteiger charge is 2.34. The lowest BCUT2D eigenvalue weighted by Crippen LogP contribution is -2.32. The Morgan fingerprint density at radius 2 is 2.26 bits per heavy atom. The first-order valence-electron chi connectivity index (χ1n) is 7.94. The zero-order valence-corrected chi connectivity index (χ0v) is 13.8. The Hall–Kier alpha value is -2.21. The van der Waals surface area contributed by atoms with Crippen LogP contribution in [-0.2, 0) is 6.54 Å². The Morgan fingerprint density at radius 3 is 3.04 bits per heavy atom. The molecule has 1 aromatic carbocycles. The Labute approximate surface area is 138 Å². The van der Waals surface area contributed by atoms with E-state index in [9.17, 15) is 4.79 Å². The summed E-state index contributed by atoms with van der Waals surface area (Å²) in [6, 6.07) is 8.21. The number of hydrogen-bond acceptors (Lipinski definition) is 4.